The van der Waals surface area contributed by atoms with Crippen LogP contribution in [-0.2, 0) is 11.0 Å². The molecule has 1 N–H and O–H groups in total. The van der Waals surface area contributed by atoms with Crippen molar-refractivity contribution in [3.05, 3.63) is 76.1 Å². The van der Waals surface area contributed by atoms with Gasteiger partial charge in [-0.3, -0.25) is 19.5 Å². The van der Waals surface area contributed by atoms with Crippen LogP contribution in [0.15, 0.2) is 60.0 Å². The normalized spacial score (nSPS) is 12.4. The van der Waals surface area contributed by atoms with Gasteiger partial charge in [-0.25, -0.2) is 4.98 Å². The summed E-state index contributed by atoms with van der Waals surface area (Å²) in [6.45, 7) is 3.47. The van der Waals surface area contributed by atoms with Crippen LogP contribution in [0.4, 0.5) is 24.5 Å². The Hall–Kier alpha value is -3.34. The van der Waals surface area contributed by atoms with E-state index in [2.05, 4.69) is 10.3 Å². The molecule has 7 nitrogen and oxygen atoms in total. The van der Waals surface area contributed by atoms with Gasteiger partial charge in [0.15, 0.2) is 5.16 Å². The zero-order valence-corrected chi connectivity index (χ0v) is 17.2. The molecular weight excluding hydrogens is 433 g/mol. The van der Waals surface area contributed by atoms with Crippen molar-refractivity contribution in [2.24, 2.45) is 0 Å². The number of carbonyl (C=O) groups is 1. The van der Waals surface area contributed by atoms with E-state index in [-0.39, 0.29) is 0 Å². The highest BCUT2D eigenvalue weighted by Crippen LogP contribution is 2.37. The molecule has 0 radical (unpaired) electrons. The number of alkyl halides is 3. The first-order valence-corrected chi connectivity index (χ1v) is 9.88. The molecule has 31 heavy (non-hydrogen) atoms. The second kappa shape index (κ2) is 8.80. The molecule has 1 atom stereocenters. The van der Waals surface area contributed by atoms with Gasteiger partial charge in [-0.2, -0.15) is 13.2 Å². The van der Waals surface area contributed by atoms with Crippen molar-refractivity contribution < 1.29 is 22.9 Å². The topological polar surface area (TPSA) is 90.1 Å². The zero-order valence-electron chi connectivity index (χ0n) is 16.4. The van der Waals surface area contributed by atoms with Crippen molar-refractivity contribution in [2.75, 3.05) is 5.32 Å². The Morgan fingerprint density at radius 3 is 2.65 bits per heavy atom. The van der Waals surface area contributed by atoms with Gasteiger partial charge in [0.05, 0.1) is 21.4 Å². The predicted octanol–water partition coefficient (Wildman–Crippen LogP) is 5.23. The molecule has 1 heterocycles. The summed E-state index contributed by atoms with van der Waals surface area (Å²) in [5.74, 6) is -0.692. The van der Waals surface area contributed by atoms with Crippen molar-refractivity contribution >= 4 is 29.0 Å². The van der Waals surface area contributed by atoms with Gasteiger partial charge in [-0.1, -0.05) is 23.9 Å². The summed E-state index contributed by atoms with van der Waals surface area (Å²) in [6.07, 6.45) is -1.58. The number of hydrogen-bond donors (Lipinski definition) is 1. The van der Waals surface area contributed by atoms with Crippen LogP contribution < -0.4 is 5.32 Å². The van der Waals surface area contributed by atoms with Crippen molar-refractivity contribution in [2.45, 2.75) is 30.4 Å². The third kappa shape index (κ3) is 5.23. The Morgan fingerprint density at radius 1 is 1.26 bits per heavy atom. The van der Waals surface area contributed by atoms with E-state index in [4.69, 9.17) is 0 Å². The molecule has 11 heteroatoms. The molecule has 0 aliphatic heterocycles. The first kappa shape index (κ1) is 22.3. The Kier molecular flexibility index (Phi) is 6.34. The van der Waals surface area contributed by atoms with Crippen molar-refractivity contribution in [1.82, 2.24) is 9.55 Å². The van der Waals surface area contributed by atoms with Crippen LogP contribution in [-0.4, -0.2) is 25.6 Å². The summed E-state index contributed by atoms with van der Waals surface area (Å²) >= 11 is 1.08. The lowest BCUT2D eigenvalue weighted by Crippen LogP contribution is -2.24. The molecule has 3 rings (SSSR count). The minimum absolute atomic E-state index is 0.401. The lowest BCUT2D eigenvalue weighted by atomic mass is 10.1. The second-order valence-electron chi connectivity index (χ2n) is 6.65. The van der Waals surface area contributed by atoms with Crippen LogP contribution in [0.2, 0.25) is 0 Å². The number of imidazole rings is 1. The average molecular weight is 450 g/mol. The van der Waals surface area contributed by atoms with E-state index >= 15 is 0 Å². The Bertz CT molecular complexity index is 1130. The Balaban J connectivity index is 1.80. The quantitative estimate of drug-likeness (QED) is 0.316. The maximum Gasteiger partial charge on any atom is 0.418 e. The Labute approximate surface area is 179 Å². The standard InChI is InChI=1S/C20H17F3N4O3S/c1-12-4-3-5-14(10-12)26-9-8-24-19(26)31-13(2)18(28)25-17-7-6-15(27(29)30)11-16(17)20(21,22)23/h3-11,13H,1-2H3,(H,25,28). The maximum atomic E-state index is 13.3. The highest BCUT2D eigenvalue weighted by molar-refractivity contribution is 8.00. The molecule has 162 valence electrons. The number of thioether (sulfide) groups is 1. The smallest absolute Gasteiger partial charge is 0.325 e. The number of aryl methyl sites for hydroxylation is 1. The molecule has 0 spiro atoms. The highest BCUT2D eigenvalue weighted by Gasteiger charge is 2.36. The summed E-state index contributed by atoms with van der Waals surface area (Å²) in [5.41, 5.74) is -0.674. The van der Waals surface area contributed by atoms with E-state index in [1.54, 1.807) is 17.0 Å². The summed E-state index contributed by atoms with van der Waals surface area (Å²) in [7, 11) is 0. The van der Waals surface area contributed by atoms with Crippen LogP contribution in [0.25, 0.3) is 5.69 Å². The van der Waals surface area contributed by atoms with Gasteiger partial charge in [0.1, 0.15) is 0 Å². The second-order valence-corrected chi connectivity index (χ2v) is 7.96. The predicted molar refractivity (Wildman–Crippen MR) is 110 cm³/mol. The largest absolute Gasteiger partial charge is 0.418 e. The van der Waals surface area contributed by atoms with Crippen molar-refractivity contribution in [3.8, 4) is 5.69 Å². The molecule has 0 saturated carbocycles. The molecule has 0 saturated heterocycles. The number of carbonyl (C=O) groups excluding carboxylic acids is 1. The fourth-order valence-corrected chi connectivity index (χ4v) is 3.67. The van der Waals surface area contributed by atoms with Crippen molar-refractivity contribution in [1.29, 1.82) is 0 Å². The van der Waals surface area contributed by atoms with Crippen LogP contribution in [0.3, 0.4) is 0 Å². The van der Waals surface area contributed by atoms with E-state index in [9.17, 15) is 28.1 Å². The number of aromatic nitrogens is 2. The summed E-state index contributed by atoms with van der Waals surface area (Å²) in [5, 5.41) is 12.7. The van der Waals surface area contributed by atoms with Crippen molar-refractivity contribution in [3.63, 3.8) is 0 Å². The molecule has 1 amide bonds. The summed E-state index contributed by atoms with van der Waals surface area (Å²) < 4.78 is 41.8. The number of hydrogen-bond acceptors (Lipinski definition) is 5. The summed E-state index contributed by atoms with van der Waals surface area (Å²) in [4.78, 5) is 26.7. The molecule has 0 aliphatic carbocycles. The van der Waals surface area contributed by atoms with Gasteiger partial charge in [-0.05, 0) is 37.6 Å². The first-order valence-electron chi connectivity index (χ1n) is 9.00. The van der Waals surface area contributed by atoms with Gasteiger partial charge in [0, 0.05) is 30.2 Å². The fraction of sp³-hybridized carbons (Fsp3) is 0.200. The fourth-order valence-electron chi connectivity index (χ4n) is 2.79. The third-order valence-corrected chi connectivity index (χ3v) is 5.40. The zero-order chi connectivity index (χ0) is 22.8. The SMILES string of the molecule is Cc1cccc(-n2ccnc2SC(C)C(=O)Nc2ccc([N+](=O)[O-])cc2C(F)(F)F)c1. The minimum Gasteiger partial charge on any atom is -0.325 e. The van der Waals surface area contributed by atoms with Crippen LogP contribution >= 0.6 is 11.8 Å². The van der Waals surface area contributed by atoms with E-state index < -0.39 is 39.2 Å². The third-order valence-electron chi connectivity index (χ3n) is 4.32. The number of nitrogens with zero attached hydrogens (tertiary/aromatic N) is 3. The number of nitrogens with one attached hydrogen (secondary N) is 1. The highest BCUT2D eigenvalue weighted by atomic mass is 32.2. The Morgan fingerprint density at radius 2 is 2.00 bits per heavy atom. The van der Waals surface area contributed by atoms with Crippen LogP contribution in [0.5, 0.6) is 0 Å². The average Bonchev–Trinajstić information content (AvgIpc) is 3.15. The van der Waals surface area contributed by atoms with Gasteiger partial charge >= 0.3 is 6.18 Å². The molecule has 0 aliphatic rings. The molecule has 0 fully saturated rings. The number of non-ortho nitro benzene ring substituents is 1. The number of rotatable bonds is 6. The van der Waals surface area contributed by atoms with Gasteiger partial charge in [0.2, 0.25) is 5.91 Å². The lowest BCUT2D eigenvalue weighted by molar-refractivity contribution is -0.385. The number of benzene rings is 2. The van der Waals surface area contributed by atoms with E-state index in [1.807, 2.05) is 31.2 Å². The molecule has 1 aromatic heterocycles. The molecule has 3 aromatic rings. The van der Waals surface area contributed by atoms with Gasteiger partial charge in [-0.15, -0.1) is 0 Å². The van der Waals surface area contributed by atoms with E-state index in [0.717, 1.165) is 35.1 Å². The van der Waals surface area contributed by atoms with E-state index in [1.165, 1.54) is 6.92 Å². The lowest BCUT2D eigenvalue weighted by Gasteiger charge is -2.16. The van der Waals surface area contributed by atoms with Gasteiger partial charge in [0.25, 0.3) is 5.69 Å². The van der Waals surface area contributed by atoms with Gasteiger partial charge < -0.3 is 5.32 Å². The molecular formula is C20H17F3N4O3S. The maximum absolute atomic E-state index is 13.3. The van der Waals surface area contributed by atoms with Crippen LogP contribution in [0.1, 0.15) is 18.1 Å². The number of amides is 1. The van der Waals surface area contributed by atoms with E-state index in [0.29, 0.717) is 11.2 Å². The molecule has 2 aromatic carbocycles. The summed E-state index contributed by atoms with van der Waals surface area (Å²) in [6, 6.07) is 9.81. The number of anilines is 1. The van der Waals surface area contributed by atoms with Crippen LogP contribution in [0, 0.1) is 17.0 Å². The minimum atomic E-state index is -4.87. The molecule has 0 bridgehead atoms. The number of nitro benzene ring substituents is 1. The monoisotopic (exact) mass is 450 g/mol. The number of nitro groups is 1. The first-order chi connectivity index (χ1) is 14.6. The molecule has 1 unspecified atom stereocenters. The number of halogens is 3.